The molecule has 8 heteroatoms. The molecule has 112 valence electrons. The standard InChI is InChI=1S/C12H15F3N2OS2/c1-2-20-9-4-3-5-16-10(9)11(18)17-6-7-19-8-12(13,14)15/h3-5H,2,6-8H2,1H3,(H,17,18). The molecular formula is C12H15F3N2OS2. The molecule has 3 nitrogen and oxygen atoms in total. The third-order valence-corrected chi connectivity index (χ3v) is 4.04. The van der Waals surface area contributed by atoms with Gasteiger partial charge in [-0.2, -0.15) is 24.9 Å². The second-order valence-electron chi connectivity index (χ2n) is 3.71. The second kappa shape index (κ2) is 8.41. The Kier molecular flexibility index (Phi) is 7.22. The van der Waals surface area contributed by atoms with Crippen LogP contribution in [0.25, 0.3) is 0 Å². The first-order chi connectivity index (χ1) is 9.44. The maximum atomic E-state index is 11.9. The number of carbonyl (C=O) groups excluding carboxylic acids is 1. The fraction of sp³-hybridized carbons (Fsp3) is 0.500. The number of nitrogens with zero attached hydrogens (tertiary/aromatic N) is 1. The fourth-order valence-electron chi connectivity index (χ4n) is 1.34. The van der Waals surface area contributed by atoms with E-state index in [2.05, 4.69) is 10.3 Å². The smallest absolute Gasteiger partial charge is 0.350 e. The average molecular weight is 324 g/mol. The predicted octanol–water partition coefficient (Wildman–Crippen LogP) is 3.22. The number of aromatic nitrogens is 1. The summed E-state index contributed by atoms with van der Waals surface area (Å²) in [6, 6.07) is 3.54. The normalized spacial score (nSPS) is 11.4. The number of halogens is 3. The van der Waals surface area contributed by atoms with Crippen LogP contribution in [-0.4, -0.2) is 40.9 Å². The third kappa shape index (κ3) is 6.51. The third-order valence-electron chi connectivity index (χ3n) is 2.08. The van der Waals surface area contributed by atoms with E-state index in [0.717, 1.165) is 22.4 Å². The van der Waals surface area contributed by atoms with Crippen LogP contribution in [-0.2, 0) is 0 Å². The monoisotopic (exact) mass is 324 g/mol. The molecular weight excluding hydrogens is 309 g/mol. The van der Waals surface area contributed by atoms with E-state index in [1.807, 2.05) is 6.92 Å². The Bertz CT molecular complexity index is 441. The summed E-state index contributed by atoms with van der Waals surface area (Å²) in [6.07, 6.45) is -2.65. The van der Waals surface area contributed by atoms with E-state index in [4.69, 9.17) is 0 Å². The summed E-state index contributed by atoms with van der Waals surface area (Å²) in [7, 11) is 0. The Hall–Kier alpha value is -0.890. The molecule has 0 unspecified atom stereocenters. The number of hydrogen-bond donors (Lipinski definition) is 1. The summed E-state index contributed by atoms with van der Waals surface area (Å²) in [6.45, 7) is 2.15. The molecule has 0 aliphatic heterocycles. The maximum absolute atomic E-state index is 11.9. The predicted molar refractivity (Wildman–Crippen MR) is 76.3 cm³/mol. The Balaban J connectivity index is 2.40. The van der Waals surface area contributed by atoms with Crippen LogP contribution in [0.4, 0.5) is 13.2 Å². The van der Waals surface area contributed by atoms with Crippen LogP contribution >= 0.6 is 23.5 Å². The van der Waals surface area contributed by atoms with Crippen molar-refractivity contribution in [3.8, 4) is 0 Å². The Labute approximate surface area is 124 Å². The zero-order chi connectivity index (χ0) is 15.0. The number of pyridine rings is 1. The molecule has 0 aliphatic carbocycles. The topological polar surface area (TPSA) is 42.0 Å². The van der Waals surface area contributed by atoms with E-state index in [1.165, 1.54) is 18.0 Å². The summed E-state index contributed by atoms with van der Waals surface area (Å²) in [4.78, 5) is 16.7. The molecule has 0 spiro atoms. The van der Waals surface area contributed by atoms with Crippen LogP contribution in [0.1, 0.15) is 17.4 Å². The fourth-order valence-corrected chi connectivity index (χ4v) is 2.73. The lowest BCUT2D eigenvalue weighted by Crippen LogP contribution is -2.27. The quantitative estimate of drug-likeness (QED) is 0.618. The van der Waals surface area contributed by atoms with Crippen LogP contribution in [0.3, 0.4) is 0 Å². The molecule has 0 saturated heterocycles. The molecule has 0 bridgehead atoms. The van der Waals surface area contributed by atoms with E-state index in [9.17, 15) is 18.0 Å². The van der Waals surface area contributed by atoms with Crippen molar-refractivity contribution in [3.05, 3.63) is 24.0 Å². The molecule has 1 N–H and O–H groups in total. The molecule has 0 aliphatic rings. The highest BCUT2D eigenvalue weighted by atomic mass is 32.2. The molecule has 1 aromatic rings. The minimum atomic E-state index is -4.17. The van der Waals surface area contributed by atoms with Crippen LogP contribution < -0.4 is 5.32 Å². The second-order valence-corrected chi connectivity index (χ2v) is 6.12. The van der Waals surface area contributed by atoms with E-state index >= 15 is 0 Å². The summed E-state index contributed by atoms with van der Waals surface area (Å²) in [5.41, 5.74) is 0.320. The van der Waals surface area contributed by atoms with Gasteiger partial charge in [-0.1, -0.05) is 6.92 Å². The highest BCUT2D eigenvalue weighted by molar-refractivity contribution is 7.99. The molecule has 0 saturated carbocycles. The maximum Gasteiger partial charge on any atom is 0.397 e. The molecule has 1 rings (SSSR count). The van der Waals surface area contributed by atoms with E-state index < -0.39 is 11.9 Å². The van der Waals surface area contributed by atoms with Gasteiger partial charge < -0.3 is 5.32 Å². The molecule has 1 heterocycles. The van der Waals surface area contributed by atoms with Gasteiger partial charge in [0.15, 0.2) is 0 Å². The summed E-state index contributed by atoms with van der Waals surface area (Å²) < 4.78 is 35.8. The highest BCUT2D eigenvalue weighted by Crippen LogP contribution is 2.21. The van der Waals surface area contributed by atoms with Gasteiger partial charge in [0.05, 0.1) is 5.75 Å². The van der Waals surface area contributed by atoms with Gasteiger partial charge in [0.25, 0.3) is 5.91 Å². The Morgan fingerprint density at radius 1 is 1.45 bits per heavy atom. The largest absolute Gasteiger partial charge is 0.397 e. The molecule has 0 radical (unpaired) electrons. The van der Waals surface area contributed by atoms with E-state index in [1.54, 1.807) is 12.1 Å². The number of rotatable bonds is 7. The van der Waals surface area contributed by atoms with Crippen molar-refractivity contribution in [2.24, 2.45) is 0 Å². The van der Waals surface area contributed by atoms with Crippen LogP contribution in [0.15, 0.2) is 23.2 Å². The number of amides is 1. The zero-order valence-electron chi connectivity index (χ0n) is 10.9. The van der Waals surface area contributed by atoms with Crippen molar-refractivity contribution in [1.29, 1.82) is 0 Å². The van der Waals surface area contributed by atoms with Gasteiger partial charge in [0.1, 0.15) is 5.69 Å². The minimum Gasteiger partial charge on any atom is -0.350 e. The van der Waals surface area contributed by atoms with Crippen molar-refractivity contribution in [3.63, 3.8) is 0 Å². The van der Waals surface area contributed by atoms with Crippen molar-refractivity contribution in [2.75, 3.05) is 23.8 Å². The van der Waals surface area contributed by atoms with Gasteiger partial charge in [-0.25, -0.2) is 4.98 Å². The van der Waals surface area contributed by atoms with Crippen molar-refractivity contribution < 1.29 is 18.0 Å². The average Bonchev–Trinajstić information content (AvgIpc) is 2.38. The van der Waals surface area contributed by atoms with Gasteiger partial charge in [-0.05, 0) is 17.9 Å². The zero-order valence-corrected chi connectivity index (χ0v) is 12.5. The van der Waals surface area contributed by atoms with E-state index in [0.29, 0.717) is 5.69 Å². The molecule has 1 amide bonds. The molecule has 0 fully saturated rings. The first kappa shape index (κ1) is 17.2. The Morgan fingerprint density at radius 2 is 2.20 bits per heavy atom. The van der Waals surface area contributed by atoms with Crippen LogP contribution in [0.2, 0.25) is 0 Å². The first-order valence-corrected chi connectivity index (χ1v) is 8.08. The van der Waals surface area contributed by atoms with Crippen LogP contribution in [0.5, 0.6) is 0 Å². The van der Waals surface area contributed by atoms with Crippen molar-refractivity contribution >= 4 is 29.4 Å². The lowest BCUT2D eigenvalue weighted by Gasteiger charge is -2.09. The first-order valence-electron chi connectivity index (χ1n) is 5.94. The summed E-state index contributed by atoms with van der Waals surface area (Å²) >= 11 is 2.25. The van der Waals surface area contributed by atoms with Crippen LogP contribution in [0, 0.1) is 0 Å². The minimum absolute atomic E-state index is 0.187. The van der Waals surface area contributed by atoms with Crippen molar-refractivity contribution in [2.45, 2.75) is 18.0 Å². The number of carbonyl (C=O) groups is 1. The van der Waals surface area contributed by atoms with Crippen molar-refractivity contribution in [1.82, 2.24) is 10.3 Å². The summed E-state index contributed by atoms with van der Waals surface area (Å²) in [5.74, 6) is -0.223. The lowest BCUT2D eigenvalue weighted by molar-refractivity contribution is -0.105. The molecule has 20 heavy (non-hydrogen) atoms. The van der Waals surface area contributed by atoms with Gasteiger partial charge in [-0.15, -0.1) is 11.8 Å². The van der Waals surface area contributed by atoms with E-state index in [-0.39, 0.29) is 18.2 Å². The SMILES string of the molecule is CCSc1cccnc1C(=O)NCCSCC(F)(F)F. The molecule has 0 atom stereocenters. The van der Waals surface area contributed by atoms with Gasteiger partial charge in [0, 0.05) is 23.4 Å². The Morgan fingerprint density at radius 3 is 2.85 bits per heavy atom. The van der Waals surface area contributed by atoms with Gasteiger partial charge in [-0.3, -0.25) is 4.79 Å². The molecule has 1 aromatic heterocycles. The number of thioether (sulfide) groups is 2. The number of nitrogens with one attached hydrogen (secondary N) is 1. The lowest BCUT2D eigenvalue weighted by atomic mass is 10.3. The summed E-state index contributed by atoms with van der Waals surface area (Å²) in [5, 5.41) is 2.58. The van der Waals surface area contributed by atoms with Gasteiger partial charge >= 0.3 is 6.18 Å². The highest BCUT2D eigenvalue weighted by Gasteiger charge is 2.26. The number of hydrogen-bond acceptors (Lipinski definition) is 4. The molecule has 0 aromatic carbocycles. The number of alkyl halides is 3. The van der Waals surface area contributed by atoms with Gasteiger partial charge in [0.2, 0.25) is 0 Å².